The highest BCUT2D eigenvalue weighted by Gasteiger charge is 2.25. The molecule has 2 aromatic rings. The summed E-state index contributed by atoms with van der Waals surface area (Å²) in [7, 11) is -3.14. The van der Waals surface area contributed by atoms with Gasteiger partial charge in [-0.25, -0.2) is 17.7 Å². The van der Waals surface area contributed by atoms with Crippen molar-refractivity contribution in [1.82, 2.24) is 18.8 Å². The molecule has 1 fully saturated rings. The number of aryl methyl sites for hydroxylation is 1. The molecular weight excluding hydrogens is 354 g/mol. The van der Waals surface area contributed by atoms with Crippen molar-refractivity contribution in [3.05, 3.63) is 28.2 Å². The highest BCUT2D eigenvalue weighted by atomic mass is 32.2. The zero-order chi connectivity index (χ0) is 19.1. The number of sulfonamides is 1. The van der Waals surface area contributed by atoms with E-state index in [2.05, 4.69) is 15.3 Å². The highest BCUT2D eigenvalue weighted by molar-refractivity contribution is 7.88. The lowest BCUT2D eigenvalue weighted by molar-refractivity contribution is 0.331. The van der Waals surface area contributed by atoms with Gasteiger partial charge in [0.25, 0.3) is 5.56 Å². The van der Waals surface area contributed by atoms with Gasteiger partial charge in [-0.1, -0.05) is 0 Å². The van der Waals surface area contributed by atoms with Crippen molar-refractivity contribution < 1.29 is 9.84 Å². The molecule has 8 nitrogen and oxygen atoms in total. The van der Waals surface area contributed by atoms with E-state index in [-0.39, 0.29) is 19.1 Å². The number of anilines is 1. The third kappa shape index (κ3) is 3.73. The van der Waals surface area contributed by atoms with Crippen molar-refractivity contribution in [3.8, 4) is 0 Å². The van der Waals surface area contributed by atoms with Crippen LogP contribution in [0.25, 0.3) is 11.0 Å². The molecule has 0 spiro atoms. The fourth-order valence-corrected chi connectivity index (χ4v) is 4.20. The number of aromatic nitrogens is 3. The molecule has 2 aromatic heterocycles. The molecule has 1 aliphatic heterocycles. The van der Waals surface area contributed by atoms with E-state index in [0.29, 0.717) is 43.1 Å². The molecule has 0 aliphatic carbocycles. The Morgan fingerprint density at radius 3 is 2.54 bits per heavy atom. The molecule has 0 saturated carbocycles. The van der Waals surface area contributed by atoms with Gasteiger partial charge in [0.1, 0.15) is 5.65 Å². The molecule has 9 heteroatoms. The molecule has 1 N–H and O–H groups in total. The Balaban J connectivity index is 0.00000261. The van der Waals surface area contributed by atoms with Crippen LogP contribution in [0, 0.1) is 6.92 Å². The lowest BCUT2D eigenvalue weighted by Gasteiger charge is -2.30. The molecule has 0 unspecified atom stereocenters. The number of rotatable bonds is 4. The minimum absolute atomic E-state index is 0. The van der Waals surface area contributed by atoms with Gasteiger partial charge in [-0.2, -0.15) is 4.98 Å². The molecule has 0 atom stereocenters. The number of nitrogens with zero attached hydrogens (tertiary/aromatic N) is 4. The Labute approximate surface area is 154 Å². The highest BCUT2D eigenvalue weighted by Crippen LogP contribution is 2.19. The van der Waals surface area contributed by atoms with Crippen LogP contribution in [0.5, 0.6) is 0 Å². The summed E-state index contributed by atoms with van der Waals surface area (Å²) in [5.74, 6) is 0.466. The summed E-state index contributed by atoms with van der Waals surface area (Å²) in [4.78, 5) is 21.4. The van der Waals surface area contributed by atoms with E-state index in [0.717, 1.165) is 5.39 Å². The molecule has 0 aromatic carbocycles. The molecule has 0 bridgehead atoms. The lowest BCUT2D eigenvalue weighted by atomic mass is 10.1. The smallest absolute Gasteiger partial charge is 0.255 e. The fraction of sp³-hybridized carbons (Fsp3) is 0.588. The molecule has 0 radical (unpaired) electrons. The standard InChI is InChI=1S/C17H25N5O3S.H2/c1-11(2)22-15-13(9-12(3)16(22)23)10-18-17(20-15)19-14-5-7-21(8-6-14)26(4,24)25;/h9-11,14H,5-8H2,1-4H3,(H,18,19,20);1H. The van der Waals surface area contributed by atoms with Crippen LogP contribution < -0.4 is 10.9 Å². The van der Waals surface area contributed by atoms with Gasteiger partial charge in [0.15, 0.2) is 0 Å². The number of hydrogen-bond donors (Lipinski definition) is 1. The summed E-state index contributed by atoms with van der Waals surface area (Å²) in [6.45, 7) is 6.68. The Kier molecular flexibility index (Phi) is 5.03. The third-order valence-corrected chi connectivity index (χ3v) is 6.03. The zero-order valence-electron chi connectivity index (χ0n) is 15.6. The zero-order valence-corrected chi connectivity index (χ0v) is 16.4. The van der Waals surface area contributed by atoms with Gasteiger partial charge in [0, 0.05) is 43.7 Å². The summed E-state index contributed by atoms with van der Waals surface area (Å²) < 4.78 is 26.4. The Hall–Kier alpha value is -2.00. The minimum Gasteiger partial charge on any atom is -0.351 e. The molecule has 1 saturated heterocycles. The van der Waals surface area contributed by atoms with Crippen molar-refractivity contribution in [1.29, 1.82) is 0 Å². The van der Waals surface area contributed by atoms with Gasteiger partial charge in [-0.05, 0) is 39.7 Å². The second-order valence-electron chi connectivity index (χ2n) is 7.15. The summed E-state index contributed by atoms with van der Waals surface area (Å²) in [5.41, 5.74) is 1.24. The average molecular weight is 382 g/mol. The van der Waals surface area contributed by atoms with Crippen molar-refractivity contribution >= 4 is 27.0 Å². The van der Waals surface area contributed by atoms with Crippen LogP contribution in [0.15, 0.2) is 17.1 Å². The molecule has 26 heavy (non-hydrogen) atoms. The van der Waals surface area contributed by atoms with E-state index < -0.39 is 10.0 Å². The average Bonchev–Trinajstić information content (AvgIpc) is 2.55. The summed E-state index contributed by atoms with van der Waals surface area (Å²) in [6.07, 6.45) is 4.35. The first kappa shape index (κ1) is 18.8. The molecule has 144 valence electrons. The second-order valence-corrected chi connectivity index (χ2v) is 9.13. The molecule has 1 aliphatic rings. The van der Waals surface area contributed by atoms with E-state index in [1.54, 1.807) is 17.7 Å². The van der Waals surface area contributed by atoms with Gasteiger partial charge < -0.3 is 5.32 Å². The third-order valence-electron chi connectivity index (χ3n) is 4.72. The van der Waals surface area contributed by atoms with Crippen LogP contribution in [0.4, 0.5) is 5.95 Å². The van der Waals surface area contributed by atoms with Gasteiger partial charge in [0.05, 0.1) is 6.26 Å². The van der Waals surface area contributed by atoms with E-state index in [4.69, 9.17) is 0 Å². The van der Waals surface area contributed by atoms with Gasteiger partial charge in [-0.15, -0.1) is 0 Å². The Bertz CT molecular complexity index is 982. The number of hydrogen-bond acceptors (Lipinski definition) is 6. The minimum atomic E-state index is -3.14. The summed E-state index contributed by atoms with van der Waals surface area (Å²) in [6, 6.07) is 1.91. The SMILES string of the molecule is Cc1cc2cnc(NC3CCN(S(C)(=O)=O)CC3)nc2n(C(C)C)c1=O.[HH]. The van der Waals surface area contributed by atoms with Gasteiger partial charge >= 0.3 is 0 Å². The number of nitrogens with one attached hydrogen (secondary N) is 1. The van der Waals surface area contributed by atoms with Gasteiger partial charge in [-0.3, -0.25) is 9.36 Å². The van der Waals surface area contributed by atoms with Crippen LogP contribution in [0.2, 0.25) is 0 Å². The maximum atomic E-state index is 12.5. The molecule has 0 amide bonds. The van der Waals surface area contributed by atoms with Crippen LogP contribution in [-0.2, 0) is 10.0 Å². The number of pyridine rings is 1. The predicted octanol–water partition coefficient (Wildman–Crippen LogP) is 1.76. The van der Waals surface area contributed by atoms with Crippen molar-refractivity contribution in [3.63, 3.8) is 0 Å². The van der Waals surface area contributed by atoms with Crippen molar-refractivity contribution in [2.24, 2.45) is 0 Å². The fourth-order valence-electron chi connectivity index (χ4n) is 3.32. The topological polar surface area (TPSA) is 97.2 Å². The maximum absolute atomic E-state index is 12.5. The first-order chi connectivity index (χ1) is 12.2. The quantitative estimate of drug-likeness (QED) is 0.867. The van der Waals surface area contributed by atoms with Crippen LogP contribution in [-0.4, -0.2) is 52.6 Å². The maximum Gasteiger partial charge on any atom is 0.255 e. The van der Waals surface area contributed by atoms with E-state index in [1.165, 1.54) is 10.6 Å². The second kappa shape index (κ2) is 6.96. The first-order valence-electron chi connectivity index (χ1n) is 8.77. The molecular formula is C17H27N5O3S. The largest absolute Gasteiger partial charge is 0.351 e. The lowest BCUT2D eigenvalue weighted by Crippen LogP contribution is -2.42. The van der Waals surface area contributed by atoms with Gasteiger partial charge in [0.2, 0.25) is 16.0 Å². The summed E-state index contributed by atoms with van der Waals surface area (Å²) in [5, 5.41) is 4.11. The monoisotopic (exact) mass is 381 g/mol. The molecule has 3 heterocycles. The van der Waals surface area contributed by atoms with E-state index >= 15 is 0 Å². The summed E-state index contributed by atoms with van der Waals surface area (Å²) >= 11 is 0. The van der Waals surface area contributed by atoms with E-state index in [9.17, 15) is 13.2 Å². The number of fused-ring (bicyclic) bond motifs is 1. The van der Waals surface area contributed by atoms with Crippen molar-refractivity contribution in [2.75, 3.05) is 24.7 Å². The normalized spacial score (nSPS) is 17.1. The first-order valence-corrected chi connectivity index (χ1v) is 10.6. The Morgan fingerprint density at radius 2 is 1.96 bits per heavy atom. The van der Waals surface area contributed by atoms with E-state index in [1.807, 2.05) is 19.9 Å². The molecule has 3 rings (SSSR count). The Morgan fingerprint density at radius 1 is 1.31 bits per heavy atom. The van der Waals surface area contributed by atoms with Crippen LogP contribution in [0.1, 0.15) is 39.7 Å². The predicted molar refractivity (Wildman–Crippen MR) is 104 cm³/mol. The number of piperidine rings is 1. The van der Waals surface area contributed by atoms with Crippen molar-refractivity contribution in [2.45, 2.75) is 45.7 Å². The van der Waals surface area contributed by atoms with Crippen LogP contribution in [0.3, 0.4) is 0 Å². The van der Waals surface area contributed by atoms with Crippen LogP contribution >= 0.6 is 0 Å².